The summed E-state index contributed by atoms with van der Waals surface area (Å²) in [5.41, 5.74) is 1.11. The number of piperidine rings is 1. The highest BCUT2D eigenvalue weighted by Gasteiger charge is 2.35. The molecular formula is C21H30N2O2S. The minimum absolute atomic E-state index is 0.0108. The Balaban J connectivity index is 2.03. The van der Waals surface area contributed by atoms with E-state index >= 15 is 0 Å². The molecule has 1 saturated heterocycles. The van der Waals surface area contributed by atoms with Gasteiger partial charge in [-0.25, -0.2) is 0 Å². The van der Waals surface area contributed by atoms with Crippen LogP contribution in [0.3, 0.4) is 0 Å². The van der Waals surface area contributed by atoms with E-state index in [2.05, 4.69) is 40.4 Å². The average molecular weight is 375 g/mol. The standard InChI is InChI=1S/C21H30N2O2S/c1-21(2,3)26(24)23-20(15-9-11-22-12-10-15)18-13-16-7-5-6-8-17(16)14-19(18)25-4/h5-8,13-15,20,22-23H,9-12H2,1-4H3/t20-,26+/m1/s1. The van der Waals surface area contributed by atoms with Gasteiger partial charge in [0.05, 0.1) is 13.2 Å². The van der Waals surface area contributed by atoms with Gasteiger partial charge >= 0.3 is 0 Å². The molecule has 2 atom stereocenters. The molecule has 0 amide bonds. The normalized spacial score (nSPS) is 18.7. The van der Waals surface area contributed by atoms with Crippen molar-refractivity contribution in [1.29, 1.82) is 0 Å². The zero-order chi connectivity index (χ0) is 18.7. The number of hydrogen-bond acceptors (Lipinski definition) is 4. The highest BCUT2D eigenvalue weighted by atomic mass is 32.2. The summed E-state index contributed by atoms with van der Waals surface area (Å²) < 4.78 is 21.8. The van der Waals surface area contributed by atoms with Gasteiger partial charge in [-0.2, -0.15) is 0 Å². The first-order chi connectivity index (χ1) is 12.4. The molecule has 1 aliphatic rings. The van der Waals surface area contributed by atoms with E-state index in [9.17, 15) is 4.55 Å². The van der Waals surface area contributed by atoms with Crippen LogP contribution in [0.4, 0.5) is 0 Å². The molecule has 0 bridgehead atoms. The minimum Gasteiger partial charge on any atom is -0.598 e. The maximum Gasteiger partial charge on any atom is 0.136 e. The molecular weight excluding hydrogens is 344 g/mol. The number of ether oxygens (including phenoxy) is 1. The van der Waals surface area contributed by atoms with Gasteiger partial charge in [0, 0.05) is 16.9 Å². The molecule has 1 fully saturated rings. The highest BCUT2D eigenvalue weighted by molar-refractivity contribution is 7.90. The fourth-order valence-electron chi connectivity index (χ4n) is 3.54. The molecule has 0 saturated carbocycles. The summed E-state index contributed by atoms with van der Waals surface area (Å²) in [5.74, 6) is 1.29. The Morgan fingerprint density at radius 1 is 1.15 bits per heavy atom. The van der Waals surface area contributed by atoms with E-state index < -0.39 is 11.4 Å². The third kappa shape index (κ3) is 4.34. The quantitative estimate of drug-likeness (QED) is 0.779. The highest BCUT2D eigenvalue weighted by Crippen LogP contribution is 2.38. The van der Waals surface area contributed by atoms with Crippen LogP contribution >= 0.6 is 0 Å². The molecule has 3 rings (SSSR count). The fourth-order valence-corrected chi connectivity index (χ4v) is 4.44. The van der Waals surface area contributed by atoms with Crippen molar-refractivity contribution in [2.45, 2.75) is 44.4 Å². The molecule has 142 valence electrons. The summed E-state index contributed by atoms with van der Waals surface area (Å²) in [7, 11) is 1.72. The van der Waals surface area contributed by atoms with Gasteiger partial charge in [0.1, 0.15) is 10.5 Å². The van der Waals surface area contributed by atoms with E-state index in [0.717, 1.165) is 42.6 Å². The van der Waals surface area contributed by atoms with Gasteiger partial charge in [-0.05, 0) is 75.5 Å². The Labute approximate surface area is 160 Å². The lowest BCUT2D eigenvalue weighted by Crippen LogP contribution is -2.45. The second-order valence-electron chi connectivity index (χ2n) is 8.01. The van der Waals surface area contributed by atoms with E-state index in [1.807, 2.05) is 26.8 Å². The summed E-state index contributed by atoms with van der Waals surface area (Å²) in [6.07, 6.45) is 2.13. The van der Waals surface area contributed by atoms with Gasteiger partial charge in [0.15, 0.2) is 0 Å². The first-order valence-electron chi connectivity index (χ1n) is 9.35. The largest absolute Gasteiger partial charge is 0.598 e. The Morgan fingerprint density at radius 3 is 2.35 bits per heavy atom. The lowest BCUT2D eigenvalue weighted by molar-refractivity contribution is 0.297. The molecule has 1 heterocycles. The number of methoxy groups -OCH3 is 1. The summed E-state index contributed by atoms with van der Waals surface area (Å²) in [4.78, 5) is 0. The molecule has 2 aromatic rings. The summed E-state index contributed by atoms with van der Waals surface area (Å²) in [6.45, 7) is 8.02. The van der Waals surface area contributed by atoms with E-state index in [1.165, 1.54) is 5.39 Å². The van der Waals surface area contributed by atoms with Crippen LogP contribution in [-0.4, -0.2) is 29.5 Å². The van der Waals surface area contributed by atoms with Crippen molar-refractivity contribution < 1.29 is 9.29 Å². The van der Waals surface area contributed by atoms with Crippen LogP contribution < -0.4 is 14.8 Å². The number of fused-ring (bicyclic) bond motifs is 1. The first-order valence-corrected chi connectivity index (χ1v) is 10.5. The van der Waals surface area contributed by atoms with Crippen molar-refractivity contribution in [3.63, 3.8) is 0 Å². The van der Waals surface area contributed by atoms with E-state index in [0.29, 0.717) is 5.92 Å². The van der Waals surface area contributed by atoms with Gasteiger partial charge in [0.2, 0.25) is 0 Å². The predicted octanol–water partition coefficient (Wildman–Crippen LogP) is 3.94. The van der Waals surface area contributed by atoms with Crippen LogP contribution in [0.15, 0.2) is 36.4 Å². The van der Waals surface area contributed by atoms with Crippen molar-refractivity contribution in [3.05, 3.63) is 42.0 Å². The van der Waals surface area contributed by atoms with Crippen LogP contribution in [-0.2, 0) is 11.4 Å². The number of benzene rings is 2. The third-order valence-corrected chi connectivity index (χ3v) is 6.66. The minimum atomic E-state index is -1.14. The van der Waals surface area contributed by atoms with Gasteiger partial charge in [0.25, 0.3) is 0 Å². The second kappa shape index (κ2) is 8.17. The van der Waals surface area contributed by atoms with Crippen LogP contribution in [0.25, 0.3) is 10.8 Å². The second-order valence-corrected chi connectivity index (χ2v) is 10.0. The van der Waals surface area contributed by atoms with Gasteiger partial charge in [-0.15, -0.1) is 4.72 Å². The summed E-state index contributed by atoms with van der Waals surface area (Å²) >= 11 is -1.14. The average Bonchev–Trinajstić information content (AvgIpc) is 2.64. The predicted molar refractivity (Wildman–Crippen MR) is 110 cm³/mol. The molecule has 0 aromatic heterocycles. The molecule has 5 heteroatoms. The lowest BCUT2D eigenvalue weighted by atomic mass is 9.85. The molecule has 26 heavy (non-hydrogen) atoms. The van der Waals surface area contributed by atoms with E-state index in [-0.39, 0.29) is 10.8 Å². The topological polar surface area (TPSA) is 56.3 Å². The maximum atomic E-state index is 12.9. The Kier molecular flexibility index (Phi) is 6.13. The molecule has 4 nitrogen and oxygen atoms in total. The number of nitrogens with one attached hydrogen (secondary N) is 2. The number of hydrogen-bond donors (Lipinski definition) is 2. The molecule has 0 unspecified atom stereocenters. The molecule has 2 N–H and O–H groups in total. The molecule has 0 spiro atoms. The monoisotopic (exact) mass is 374 g/mol. The summed E-state index contributed by atoms with van der Waals surface area (Å²) in [6, 6.07) is 12.6. The smallest absolute Gasteiger partial charge is 0.136 e. The fraction of sp³-hybridized carbons (Fsp3) is 0.524. The van der Waals surface area contributed by atoms with Gasteiger partial charge in [-0.1, -0.05) is 24.3 Å². The van der Waals surface area contributed by atoms with Crippen molar-refractivity contribution in [1.82, 2.24) is 10.0 Å². The van der Waals surface area contributed by atoms with E-state index in [4.69, 9.17) is 4.74 Å². The molecule has 0 radical (unpaired) electrons. The zero-order valence-corrected chi connectivity index (χ0v) is 17.0. The van der Waals surface area contributed by atoms with Crippen LogP contribution in [0.1, 0.15) is 45.2 Å². The van der Waals surface area contributed by atoms with Crippen molar-refractivity contribution >= 4 is 22.1 Å². The Hall–Kier alpha value is -1.27. The van der Waals surface area contributed by atoms with Crippen molar-refractivity contribution in [2.24, 2.45) is 5.92 Å². The van der Waals surface area contributed by atoms with Crippen LogP contribution in [0, 0.1) is 5.92 Å². The third-order valence-electron chi connectivity index (χ3n) is 5.08. The Bertz CT molecular complexity index is 738. The summed E-state index contributed by atoms with van der Waals surface area (Å²) in [5, 5.41) is 5.77. The van der Waals surface area contributed by atoms with Gasteiger partial charge < -0.3 is 14.6 Å². The van der Waals surface area contributed by atoms with Gasteiger partial charge in [-0.3, -0.25) is 0 Å². The molecule has 0 aliphatic carbocycles. The number of rotatable bonds is 5. The van der Waals surface area contributed by atoms with E-state index in [1.54, 1.807) is 7.11 Å². The first kappa shape index (κ1) is 19.5. The SMILES string of the molecule is COc1cc2ccccc2cc1[C@H](N[S@@+]([O-])C(C)(C)C)C1CCNCC1. The Morgan fingerprint density at radius 2 is 1.77 bits per heavy atom. The molecule has 1 aliphatic heterocycles. The van der Waals surface area contributed by atoms with Crippen LogP contribution in [0.2, 0.25) is 0 Å². The lowest BCUT2D eigenvalue weighted by Gasteiger charge is -2.35. The molecule has 2 aromatic carbocycles. The van der Waals surface area contributed by atoms with Crippen LogP contribution in [0.5, 0.6) is 5.75 Å². The van der Waals surface area contributed by atoms with Crippen molar-refractivity contribution in [2.75, 3.05) is 20.2 Å². The van der Waals surface area contributed by atoms with Crippen molar-refractivity contribution in [3.8, 4) is 5.75 Å². The maximum absolute atomic E-state index is 12.9. The zero-order valence-electron chi connectivity index (χ0n) is 16.2.